The number of carbonyl (C=O) groups excluding carboxylic acids is 1. The maximum atomic E-state index is 8.67. The summed E-state index contributed by atoms with van der Waals surface area (Å²) in [5, 5.41) is 0. The second kappa shape index (κ2) is 16.2. The topological polar surface area (TPSA) is 74.6 Å². The van der Waals surface area contributed by atoms with Crippen LogP contribution in [0.1, 0.15) is 0 Å². The van der Waals surface area contributed by atoms with Crippen LogP contribution < -0.4 is 0 Å². The maximum absolute atomic E-state index is 8.67. The molecule has 0 heterocycles. The average molecular weight is 177 g/mol. The SMILES string of the molecule is C=O.O=S(O)O.[Zn+2]. The minimum Gasteiger partial charge on any atom is -0.307 e. The van der Waals surface area contributed by atoms with Gasteiger partial charge in [-0.2, -0.15) is 4.21 Å². The molecule has 0 aromatic rings. The van der Waals surface area contributed by atoms with Crippen LogP contribution in [-0.2, 0) is 35.6 Å². The van der Waals surface area contributed by atoms with Crippen molar-refractivity contribution in [1.82, 2.24) is 0 Å². The fraction of sp³-hybridized carbons (Fsp3) is 0. The van der Waals surface area contributed by atoms with Gasteiger partial charge >= 0.3 is 19.5 Å². The molecule has 7 heavy (non-hydrogen) atoms. The van der Waals surface area contributed by atoms with Crippen molar-refractivity contribution in [3.63, 3.8) is 0 Å². The van der Waals surface area contributed by atoms with E-state index in [-0.39, 0.29) is 19.5 Å². The molecule has 2 N–H and O–H groups in total. The smallest absolute Gasteiger partial charge is 0.307 e. The third kappa shape index (κ3) is 918. The van der Waals surface area contributed by atoms with Crippen LogP contribution in [0.2, 0.25) is 0 Å². The molecular weight excluding hydrogens is 173 g/mol. The van der Waals surface area contributed by atoms with Gasteiger partial charge in [0.2, 0.25) is 0 Å². The molecule has 0 bridgehead atoms. The first-order chi connectivity index (χ1) is 2.73. The average Bonchev–Trinajstić information content (AvgIpc) is 1.41. The van der Waals surface area contributed by atoms with Crippen LogP contribution in [0, 0.1) is 0 Å². The Kier molecular flexibility index (Phi) is 36.2. The van der Waals surface area contributed by atoms with Crippen molar-refractivity contribution in [2.75, 3.05) is 0 Å². The van der Waals surface area contributed by atoms with Crippen molar-refractivity contribution in [3.05, 3.63) is 0 Å². The molecule has 0 aliphatic rings. The summed E-state index contributed by atoms with van der Waals surface area (Å²) in [5.41, 5.74) is 0. The van der Waals surface area contributed by atoms with Crippen molar-refractivity contribution < 1.29 is 37.6 Å². The van der Waals surface area contributed by atoms with E-state index in [1.807, 2.05) is 6.79 Å². The van der Waals surface area contributed by atoms with Crippen molar-refractivity contribution in [2.45, 2.75) is 0 Å². The van der Waals surface area contributed by atoms with E-state index >= 15 is 0 Å². The molecule has 0 aliphatic carbocycles. The summed E-state index contributed by atoms with van der Waals surface area (Å²) in [7, 11) is 0. The molecule has 0 spiro atoms. The monoisotopic (exact) mass is 176 g/mol. The largest absolute Gasteiger partial charge is 2.00 e. The Balaban J connectivity index is -0.0000000480. The van der Waals surface area contributed by atoms with Crippen molar-refractivity contribution in [3.8, 4) is 0 Å². The number of rotatable bonds is 0. The minimum atomic E-state index is -2.61. The Morgan fingerprint density at radius 2 is 1.29 bits per heavy atom. The van der Waals surface area contributed by atoms with E-state index in [9.17, 15) is 0 Å². The molecule has 0 amide bonds. The van der Waals surface area contributed by atoms with Gasteiger partial charge in [0.15, 0.2) is 0 Å². The zero-order valence-corrected chi connectivity index (χ0v) is 7.32. The first-order valence-electron chi connectivity index (χ1n) is 0.820. The summed E-state index contributed by atoms with van der Waals surface area (Å²) in [5.74, 6) is 0. The standard InChI is InChI=1S/CH2O.H2O3S.Zn/c1-2;1-4(2)3;/h1H2;(H2,1,2,3);/q;;+2. The van der Waals surface area contributed by atoms with Gasteiger partial charge in [-0.1, -0.05) is 0 Å². The van der Waals surface area contributed by atoms with Crippen LogP contribution >= 0.6 is 0 Å². The molecule has 0 saturated carbocycles. The van der Waals surface area contributed by atoms with E-state index in [1.165, 1.54) is 0 Å². The summed E-state index contributed by atoms with van der Waals surface area (Å²) in [6.07, 6.45) is 0. The molecule has 0 fully saturated rings. The van der Waals surface area contributed by atoms with Crippen LogP contribution in [0.3, 0.4) is 0 Å². The second-order valence-corrected chi connectivity index (χ2v) is 0.692. The van der Waals surface area contributed by atoms with Crippen LogP contribution in [0.15, 0.2) is 0 Å². The van der Waals surface area contributed by atoms with Gasteiger partial charge < -0.3 is 4.79 Å². The molecule has 0 saturated heterocycles. The number of hydrogen-bond acceptors (Lipinski definition) is 2. The van der Waals surface area contributed by atoms with Gasteiger partial charge in [-0.15, -0.1) is 0 Å². The predicted octanol–water partition coefficient (Wildman–Crippen LogP) is -0.506. The van der Waals surface area contributed by atoms with E-state index in [0.29, 0.717) is 0 Å². The van der Waals surface area contributed by atoms with Crippen molar-refractivity contribution >= 4 is 18.2 Å². The summed E-state index contributed by atoms with van der Waals surface area (Å²) in [6, 6.07) is 0. The molecule has 0 aromatic carbocycles. The summed E-state index contributed by atoms with van der Waals surface area (Å²) < 4.78 is 22.8. The molecule has 6 heteroatoms. The zero-order chi connectivity index (χ0) is 5.58. The zero-order valence-electron chi connectivity index (χ0n) is 3.53. The molecule has 38 valence electrons. The van der Waals surface area contributed by atoms with Gasteiger partial charge in [-0.3, -0.25) is 9.11 Å². The Bertz CT molecular complexity index is 43.0. The molecule has 0 atom stereocenters. The van der Waals surface area contributed by atoms with Gasteiger partial charge in [-0.05, 0) is 0 Å². The molecule has 0 aliphatic heterocycles. The van der Waals surface area contributed by atoms with Crippen LogP contribution in [-0.4, -0.2) is 20.1 Å². The van der Waals surface area contributed by atoms with Crippen molar-refractivity contribution in [2.24, 2.45) is 0 Å². The van der Waals surface area contributed by atoms with Gasteiger partial charge in [0.1, 0.15) is 6.79 Å². The first kappa shape index (κ1) is 15.7. The van der Waals surface area contributed by atoms with Crippen LogP contribution in [0.25, 0.3) is 0 Å². The van der Waals surface area contributed by atoms with Crippen LogP contribution in [0.5, 0.6) is 0 Å². The quantitative estimate of drug-likeness (QED) is 0.386. The predicted molar refractivity (Wildman–Crippen MR) is 20.5 cm³/mol. The molecular formula is CH4O4SZn+2. The first-order valence-corrected chi connectivity index (χ1v) is 1.88. The number of hydrogen-bond donors (Lipinski definition) is 2. The Morgan fingerprint density at radius 3 is 1.29 bits per heavy atom. The van der Waals surface area contributed by atoms with Gasteiger partial charge in [0, 0.05) is 0 Å². The van der Waals surface area contributed by atoms with Gasteiger partial charge in [-0.25, -0.2) is 0 Å². The maximum Gasteiger partial charge on any atom is 2.00 e. The molecule has 0 rings (SSSR count). The molecule has 0 unspecified atom stereocenters. The molecule has 0 radical (unpaired) electrons. The van der Waals surface area contributed by atoms with E-state index in [2.05, 4.69) is 0 Å². The molecule has 0 aromatic heterocycles. The van der Waals surface area contributed by atoms with Gasteiger partial charge in [0.25, 0.3) is 11.4 Å². The summed E-state index contributed by atoms with van der Waals surface area (Å²) >= 11 is -2.61. The fourth-order valence-corrected chi connectivity index (χ4v) is 0. The fourth-order valence-electron chi connectivity index (χ4n) is 0. The third-order valence-electron chi connectivity index (χ3n) is 0. The summed E-state index contributed by atoms with van der Waals surface area (Å²) in [4.78, 5) is 8.00. The second-order valence-electron chi connectivity index (χ2n) is 0.231. The van der Waals surface area contributed by atoms with E-state index in [4.69, 9.17) is 18.1 Å². The van der Waals surface area contributed by atoms with Crippen LogP contribution in [0.4, 0.5) is 0 Å². The normalized spacial score (nSPS) is 5.57. The Labute approximate surface area is 56.2 Å². The Morgan fingerprint density at radius 1 is 1.29 bits per heavy atom. The van der Waals surface area contributed by atoms with Gasteiger partial charge in [0.05, 0.1) is 0 Å². The summed E-state index contributed by atoms with van der Waals surface area (Å²) in [6.45, 7) is 2.00. The van der Waals surface area contributed by atoms with E-state index < -0.39 is 11.4 Å². The van der Waals surface area contributed by atoms with E-state index in [1.54, 1.807) is 0 Å². The minimum absolute atomic E-state index is 0. The third-order valence-corrected chi connectivity index (χ3v) is 0. The Hall–Kier alpha value is 0.363. The molecule has 4 nitrogen and oxygen atoms in total. The number of carbonyl (C=O) groups is 1. The van der Waals surface area contributed by atoms with Crippen molar-refractivity contribution in [1.29, 1.82) is 0 Å². The van der Waals surface area contributed by atoms with E-state index in [0.717, 1.165) is 0 Å².